The first-order valence-electron chi connectivity index (χ1n) is 9.87. The number of halogens is 3. The van der Waals surface area contributed by atoms with E-state index in [-0.39, 0.29) is 11.4 Å². The standard InChI is InChI=1S/C23H19F3N4OS/c1-2-15-7-9-16(10-8-15)19-13-20-22(27-11-12-30(20)29-19)32-14-21(31)28-18-6-4-3-5-17(18)23(24,25)26/h3-13H,2,14H2,1H3,(H,28,31). The van der Waals surface area contributed by atoms with E-state index in [0.717, 1.165) is 41.0 Å². The second-order valence-electron chi connectivity index (χ2n) is 7.02. The Morgan fingerprint density at radius 3 is 2.59 bits per heavy atom. The van der Waals surface area contributed by atoms with Gasteiger partial charge in [0.05, 0.1) is 28.2 Å². The fourth-order valence-electron chi connectivity index (χ4n) is 3.22. The molecule has 2 aromatic carbocycles. The summed E-state index contributed by atoms with van der Waals surface area (Å²) >= 11 is 1.14. The number of hydrogen-bond donors (Lipinski definition) is 1. The SMILES string of the molecule is CCc1ccc(-c2cc3c(SCC(=O)Nc4ccccc4C(F)(F)F)nccn3n2)cc1. The third kappa shape index (κ3) is 4.77. The summed E-state index contributed by atoms with van der Waals surface area (Å²) in [6.07, 6.45) is -0.314. The van der Waals surface area contributed by atoms with Crippen molar-refractivity contribution in [1.29, 1.82) is 0 Å². The van der Waals surface area contributed by atoms with Gasteiger partial charge in [-0.25, -0.2) is 9.50 Å². The van der Waals surface area contributed by atoms with Crippen LogP contribution in [0.1, 0.15) is 18.1 Å². The van der Waals surface area contributed by atoms with E-state index in [0.29, 0.717) is 5.03 Å². The van der Waals surface area contributed by atoms with Gasteiger partial charge in [0.2, 0.25) is 5.91 Å². The highest BCUT2D eigenvalue weighted by atomic mass is 32.2. The maximum absolute atomic E-state index is 13.1. The second-order valence-corrected chi connectivity index (χ2v) is 7.99. The number of rotatable bonds is 6. The third-order valence-electron chi connectivity index (χ3n) is 4.86. The number of nitrogens with one attached hydrogen (secondary N) is 1. The highest BCUT2D eigenvalue weighted by Gasteiger charge is 2.33. The number of aryl methyl sites for hydroxylation is 1. The molecule has 0 saturated carbocycles. The van der Waals surface area contributed by atoms with Gasteiger partial charge in [-0.3, -0.25) is 4.79 Å². The van der Waals surface area contributed by atoms with Crippen molar-refractivity contribution in [3.8, 4) is 11.3 Å². The highest BCUT2D eigenvalue weighted by Crippen LogP contribution is 2.34. The van der Waals surface area contributed by atoms with Crippen LogP contribution in [-0.4, -0.2) is 26.3 Å². The summed E-state index contributed by atoms with van der Waals surface area (Å²) in [6, 6.07) is 14.9. The molecule has 0 aliphatic heterocycles. The Hall–Kier alpha value is -3.33. The maximum Gasteiger partial charge on any atom is 0.418 e. The smallest absolute Gasteiger partial charge is 0.325 e. The number of alkyl halides is 3. The molecule has 32 heavy (non-hydrogen) atoms. The largest absolute Gasteiger partial charge is 0.418 e. The number of amides is 1. The fraction of sp³-hybridized carbons (Fsp3) is 0.174. The number of anilines is 1. The van der Waals surface area contributed by atoms with E-state index in [1.807, 2.05) is 18.2 Å². The van der Waals surface area contributed by atoms with Crippen LogP contribution in [-0.2, 0) is 17.4 Å². The van der Waals surface area contributed by atoms with E-state index in [1.54, 1.807) is 16.9 Å². The van der Waals surface area contributed by atoms with Gasteiger partial charge >= 0.3 is 6.18 Å². The van der Waals surface area contributed by atoms with Crippen molar-refractivity contribution in [2.24, 2.45) is 0 Å². The van der Waals surface area contributed by atoms with Gasteiger partial charge in [0.25, 0.3) is 0 Å². The Labute approximate surface area is 186 Å². The van der Waals surface area contributed by atoms with E-state index in [1.165, 1.54) is 23.8 Å². The molecule has 5 nitrogen and oxygen atoms in total. The van der Waals surface area contributed by atoms with Crippen LogP contribution >= 0.6 is 11.8 Å². The van der Waals surface area contributed by atoms with Gasteiger partial charge in [0.1, 0.15) is 5.03 Å². The zero-order chi connectivity index (χ0) is 22.7. The van der Waals surface area contributed by atoms with Crippen LogP contribution in [0.5, 0.6) is 0 Å². The molecule has 1 N–H and O–H groups in total. The average Bonchev–Trinajstić information content (AvgIpc) is 3.22. The fourth-order valence-corrected chi connectivity index (χ4v) is 4.00. The molecule has 2 heterocycles. The van der Waals surface area contributed by atoms with E-state index in [9.17, 15) is 18.0 Å². The molecular weight excluding hydrogens is 437 g/mol. The van der Waals surface area contributed by atoms with Gasteiger partial charge in [-0.05, 0) is 30.2 Å². The molecule has 0 bridgehead atoms. The lowest BCUT2D eigenvalue weighted by molar-refractivity contribution is -0.137. The summed E-state index contributed by atoms with van der Waals surface area (Å²) in [6.45, 7) is 2.09. The Bertz CT molecular complexity index is 1250. The molecule has 0 saturated heterocycles. The summed E-state index contributed by atoms with van der Waals surface area (Å²) in [5.41, 5.74) is 2.53. The second kappa shape index (κ2) is 9.04. The van der Waals surface area contributed by atoms with Gasteiger partial charge in [-0.15, -0.1) is 0 Å². The molecule has 164 valence electrons. The van der Waals surface area contributed by atoms with Crippen LogP contribution in [0.4, 0.5) is 18.9 Å². The molecule has 9 heteroatoms. The van der Waals surface area contributed by atoms with Gasteiger partial charge in [-0.2, -0.15) is 18.3 Å². The lowest BCUT2D eigenvalue weighted by Crippen LogP contribution is -2.18. The van der Waals surface area contributed by atoms with Crippen molar-refractivity contribution in [3.63, 3.8) is 0 Å². The number of aromatic nitrogens is 3. The molecule has 0 fully saturated rings. The minimum absolute atomic E-state index is 0.0927. The van der Waals surface area contributed by atoms with E-state index in [4.69, 9.17) is 0 Å². The quantitative estimate of drug-likeness (QED) is 0.378. The number of hydrogen-bond acceptors (Lipinski definition) is 4. The van der Waals surface area contributed by atoms with Crippen molar-refractivity contribution >= 4 is 28.9 Å². The van der Waals surface area contributed by atoms with Gasteiger partial charge < -0.3 is 5.32 Å². The van der Waals surface area contributed by atoms with Crippen molar-refractivity contribution in [1.82, 2.24) is 14.6 Å². The van der Waals surface area contributed by atoms with Gasteiger partial charge in [0.15, 0.2) is 0 Å². The normalized spacial score (nSPS) is 11.6. The predicted octanol–water partition coefficient (Wildman–Crippen LogP) is 5.71. The van der Waals surface area contributed by atoms with Crippen LogP contribution in [0.25, 0.3) is 16.8 Å². The summed E-state index contributed by atoms with van der Waals surface area (Å²) in [5, 5.41) is 7.48. The first-order valence-corrected chi connectivity index (χ1v) is 10.9. The predicted molar refractivity (Wildman–Crippen MR) is 119 cm³/mol. The van der Waals surface area contributed by atoms with E-state index in [2.05, 4.69) is 34.5 Å². The molecule has 4 aromatic rings. The average molecular weight is 456 g/mol. The zero-order valence-electron chi connectivity index (χ0n) is 17.1. The molecule has 2 aromatic heterocycles. The van der Waals surface area contributed by atoms with Gasteiger partial charge in [0, 0.05) is 18.0 Å². The third-order valence-corrected chi connectivity index (χ3v) is 5.85. The number of para-hydroxylation sites is 1. The minimum atomic E-state index is -4.55. The Morgan fingerprint density at radius 1 is 1.12 bits per heavy atom. The topological polar surface area (TPSA) is 59.3 Å². The number of carbonyl (C=O) groups is 1. The molecule has 0 radical (unpaired) electrons. The van der Waals surface area contributed by atoms with Crippen LogP contribution in [0.3, 0.4) is 0 Å². The van der Waals surface area contributed by atoms with E-state index < -0.39 is 17.6 Å². The lowest BCUT2D eigenvalue weighted by atomic mass is 10.1. The molecule has 4 rings (SSSR count). The summed E-state index contributed by atoms with van der Waals surface area (Å²) < 4.78 is 41.1. The monoisotopic (exact) mass is 456 g/mol. The van der Waals surface area contributed by atoms with Crippen molar-refractivity contribution in [2.75, 3.05) is 11.1 Å². The molecular formula is C23H19F3N4OS. The molecule has 0 aliphatic rings. The molecule has 0 atom stereocenters. The van der Waals surface area contributed by atoms with Crippen LogP contribution in [0.2, 0.25) is 0 Å². The number of thioether (sulfide) groups is 1. The minimum Gasteiger partial charge on any atom is -0.325 e. The van der Waals surface area contributed by atoms with Crippen LogP contribution in [0.15, 0.2) is 72.0 Å². The van der Waals surface area contributed by atoms with Crippen LogP contribution in [0, 0.1) is 0 Å². The number of benzene rings is 2. The van der Waals surface area contributed by atoms with Gasteiger partial charge in [-0.1, -0.05) is 55.1 Å². The number of carbonyl (C=O) groups excluding carboxylic acids is 1. The number of fused-ring (bicyclic) bond motifs is 1. The Kier molecular flexibility index (Phi) is 6.18. The zero-order valence-corrected chi connectivity index (χ0v) is 17.9. The van der Waals surface area contributed by atoms with Crippen molar-refractivity contribution in [2.45, 2.75) is 24.5 Å². The highest BCUT2D eigenvalue weighted by molar-refractivity contribution is 8.00. The van der Waals surface area contributed by atoms with Crippen molar-refractivity contribution in [3.05, 3.63) is 78.1 Å². The Balaban J connectivity index is 1.50. The maximum atomic E-state index is 13.1. The lowest BCUT2D eigenvalue weighted by Gasteiger charge is -2.13. The summed E-state index contributed by atoms with van der Waals surface area (Å²) in [5.74, 6) is -0.643. The van der Waals surface area contributed by atoms with Crippen LogP contribution < -0.4 is 5.32 Å². The summed E-state index contributed by atoms with van der Waals surface area (Å²) in [4.78, 5) is 16.7. The molecule has 0 spiro atoms. The molecule has 0 unspecified atom stereocenters. The Morgan fingerprint density at radius 2 is 1.88 bits per heavy atom. The molecule has 1 amide bonds. The number of nitrogens with zero attached hydrogens (tertiary/aromatic N) is 3. The molecule has 0 aliphatic carbocycles. The van der Waals surface area contributed by atoms with Crippen molar-refractivity contribution < 1.29 is 18.0 Å². The first-order chi connectivity index (χ1) is 15.3. The first kappa shape index (κ1) is 21.9. The van der Waals surface area contributed by atoms with E-state index >= 15 is 0 Å². The summed E-state index contributed by atoms with van der Waals surface area (Å²) in [7, 11) is 0.